The number of carbonyl (C=O) groups excluding carboxylic acids is 1. The first kappa shape index (κ1) is 17.0. The molecule has 0 aliphatic heterocycles. The summed E-state index contributed by atoms with van der Waals surface area (Å²) in [6.07, 6.45) is 0. The number of urea groups is 1. The summed E-state index contributed by atoms with van der Waals surface area (Å²) < 4.78 is 0. The minimum Gasteiger partial charge on any atom is -0.480 e. The number of aryl methyl sites for hydroxylation is 1. The smallest absolute Gasteiger partial charge is 0.326 e. The molecule has 2 N–H and O–H groups in total. The van der Waals surface area contributed by atoms with Crippen LogP contribution in [-0.4, -0.2) is 35.1 Å². The predicted molar refractivity (Wildman–Crippen MR) is 82.1 cm³/mol. The summed E-state index contributed by atoms with van der Waals surface area (Å²) in [5, 5.41) is 11.8. The molecule has 0 bridgehead atoms. The van der Waals surface area contributed by atoms with Crippen LogP contribution in [0.15, 0.2) is 24.3 Å². The summed E-state index contributed by atoms with van der Waals surface area (Å²) >= 11 is 0. The summed E-state index contributed by atoms with van der Waals surface area (Å²) in [5.74, 6) is -1.03. The predicted octanol–water partition coefficient (Wildman–Crippen LogP) is 2.64. The molecule has 0 aliphatic carbocycles. The van der Waals surface area contributed by atoms with Gasteiger partial charge in [0.25, 0.3) is 0 Å². The van der Waals surface area contributed by atoms with Gasteiger partial charge in [-0.25, -0.2) is 9.59 Å². The molecule has 1 aromatic carbocycles. The van der Waals surface area contributed by atoms with Crippen molar-refractivity contribution < 1.29 is 14.7 Å². The normalized spacial score (nSPS) is 12.6. The molecule has 0 saturated carbocycles. The number of nitrogens with one attached hydrogen (secondary N) is 1. The largest absolute Gasteiger partial charge is 0.480 e. The van der Waals surface area contributed by atoms with Crippen molar-refractivity contribution in [1.29, 1.82) is 0 Å². The zero-order valence-corrected chi connectivity index (χ0v) is 13.3. The van der Waals surface area contributed by atoms with Gasteiger partial charge in [0.05, 0.1) is 0 Å². The van der Waals surface area contributed by atoms with E-state index in [9.17, 15) is 14.7 Å². The molecule has 116 valence electrons. The number of rotatable bonds is 4. The first-order valence-electron chi connectivity index (χ1n) is 6.91. The Morgan fingerprint density at radius 2 is 1.76 bits per heavy atom. The van der Waals surface area contributed by atoms with Gasteiger partial charge >= 0.3 is 12.0 Å². The Morgan fingerprint density at radius 3 is 2.19 bits per heavy atom. The highest BCUT2D eigenvalue weighted by molar-refractivity contribution is 5.83. The van der Waals surface area contributed by atoms with Gasteiger partial charge < -0.3 is 15.3 Å². The quantitative estimate of drug-likeness (QED) is 0.896. The van der Waals surface area contributed by atoms with Crippen LogP contribution in [0.5, 0.6) is 0 Å². The van der Waals surface area contributed by atoms with Crippen LogP contribution in [0.25, 0.3) is 0 Å². The first-order chi connectivity index (χ1) is 9.61. The minimum absolute atomic E-state index is 0.391. The molecule has 1 aromatic rings. The lowest BCUT2D eigenvalue weighted by atomic mass is 9.87. The van der Waals surface area contributed by atoms with Crippen molar-refractivity contribution >= 4 is 12.0 Å². The molecule has 0 radical (unpaired) electrons. The molecule has 0 aliphatic rings. The number of hydrogen-bond acceptors (Lipinski definition) is 2. The van der Waals surface area contributed by atoms with Crippen molar-refractivity contribution in [3.63, 3.8) is 0 Å². The summed E-state index contributed by atoms with van der Waals surface area (Å²) in [5.41, 5.74) is 1.61. The van der Waals surface area contributed by atoms with Gasteiger partial charge in [-0.3, -0.25) is 0 Å². The van der Waals surface area contributed by atoms with E-state index < -0.39 is 23.5 Å². The van der Waals surface area contributed by atoms with Gasteiger partial charge in [0.2, 0.25) is 0 Å². The Labute approximate surface area is 126 Å². The molecule has 0 heterocycles. The second-order valence-electron chi connectivity index (χ2n) is 6.43. The summed E-state index contributed by atoms with van der Waals surface area (Å²) in [6, 6.07) is 6.56. The Morgan fingerprint density at radius 1 is 1.24 bits per heavy atom. The van der Waals surface area contributed by atoms with Crippen LogP contribution < -0.4 is 5.32 Å². The third-order valence-corrected chi connectivity index (χ3v) is 3.27. The molecule has 2 amide bonds. The second-order valence-corrected chi connectivity index (χ2v) is 6.43. The van der Waals surface area contributed by atoms with Crippen LogP contribution in [0.3, 0.4) is 0 Å². The Balaban J connectivity index is 2.69. The maximum atomic E-state index is 12.1. The molecule has 1 atom stereocenters. The number of aliphatic carboxylic acids is 1. The fourth-order valence-corrected chi connectivity index (χ4v) is 1.92. The monoisotopic (exact) mass is 292 g/mol. The van der Waals surface area contributed by atoms with Crippen molar-refractivity contribution in [2.75, 3.05) is 7.05 Å². The SMILES string of the molecule is Cc1ccc(CN(C)C(=O)N[C@@H](C(=O)O)C(C)(C)C)cc1. The van der Waals surface area contributed by atoms with Crippen molar-refractivity contribution in [3.05, 3.63) is 35.4 Å². The van der Waals surface area contributed by atoms with Crippen LogP contribution in [0.4, 0.5) is 4.79 Å². The first-order valence-corrected chi connectivity index (χ1v) is 6.91. The van der Waals surface area contributed by atoms with Crippen molar-refractivity contribution in [1.82, 2.24) is 10.2 Å². The zero-order chi connectivity index (χ0) is 16.2. The zero-order valence-electron chi connectivity index (χ0n) is 13.3. The van der Waals surface area contributed by atoms with Gasteiger partial charge in [-0.15, -0.1) is 0 Å². The Kier molecular flexibility index (Phi) is 5.35. The van der Waals surface area contributed by atoms with Crippen LogP contribution in [0.1, 0.15) is 31.9 Å². The molecule has 1 rings (SSSR count). The van der Waals surface area contributed by atoms with Crippen LogP contribution >= 0.6 is 0 Å². The lowest BCUT2D eigenvalue weighted by Gasteiger charge is -2.29. The molecule has 21 heavy (non-hydrogen) atoms. The summed E-state index contributed by atoms with van der Waals surface area (Å²) in [7, 11) is 1.65. The average molecular weight is 292 g/mol. The lowest BCUT2D eigenvalue weighted by Crippen LogP contribution is -2.52. The fourth-order valence-electron chi connectivity index (χ4n) is 1.92. The van der Waals surface area contributed by atoms with E-state index in [1.807, 2.05) is 31.2 Å². The molecule has 0 aromatic heterocycles. The molecule has 5 nitrogen and oxygen atoms in total. The van der Waals surface area contributed by atoms with E-state index in [-0.39, 0.29) is 0 Å². The molecule has 0 unspecified atom stereocenters. The number of benzene rings is 1. The van der Waals surface area contributed by atoms with E-state index in [1.54, 1.807) is 27.8 Å². The third kappa shape index (κ3) is 5.10. The van der Waals surface area contributed by atoms with Gasteiger partial charge in [0.15, 0.2) is 0 Å². The van der Waals surface area contributed by atoms with Crippen molar-refractivity contribution in [2.45, 2.75) is 40.3 Å². The van der Waals surface area contributed by atoms with E-state index in [0.717, 1.165) is 11.1 Å². The molecule has 0 spiro atoms. The highest BCUT2D eigenvalue weighted by Crippen LogP contribution is 2.19. The molecular formula is C16H24N2O3. The number of carbonyl (C=O) groups is 2. The Bertz CT molecular complexity index is 503. The Hall–Kier alpha value is -2.04. The van der Waals surface area contributed by atoms with E-state index in [1.165, 1.54) is 4.90 Å². The second kappa shape index (κ2) is 6.61. The summed E-state index contributed by atoms with van der Waals surface area (Å²) in [4.78, 5) is 24.9. The van der Waals surface area contributed by atoms with Gasteiger partial charge in [-0.1, -0.05) is 50.6 Å². The maximum Gasteiger partial charge on any atom is 0.326 e. The average Bonchev–Trinajstić information content (AvgIpc) is 2.36. The number of amides is 2. The van der Waals surface area contributed by atoms with Crippen molar-refractivity contribution in [3.8, 4) is 0 Å². The fraction of sp³-hybridized carbons (Fsp3) is 0.500. The molecule has 5 heteroatoms. The molecular weight excluding hydrogens is 268 g/mol. The molecule has 0 saturated heterocycles. The van der Waals surface area contributed by atoms with E-state index in [4.69, 9.17) is 0 Å². The number of carboxylic acids is 1. The van der Waals surface area contributed by atoms with Crippen LogP contribution in [0, 0.1) is 12.3 Å². The van der Waals surface area contributed by atoms with E-state index >= 15 is 0 Å². The molecule has 0 fully saturated rings. The summed E-state index contributed by atoms with van der Waals surface area (Å²) in [6.45, 7) is 7.79. The van der Waals surface area contributed by atoms with Crippen LogP contribution in [-0.2, 0) is 11.3 Å². The van der Waals surface area contributed by atoms with E-state index in [2.05, 4.69) is 5.32 Å². The number of nitrogens with zero attached hydrogens (tertiary/aromatic N) is 1. The number of hydrogen-bond donors (Lipinski definition) is 2. The van der Waals surface area contributed by atoms with Crippen molar-refractivity contribution in [2.24, 2.45) is 5.41 Å². The highest BCUT2D eigenvalue weighted by Gasteiger charge is 2.33. The lowest BCUT2D eigenvalue weighted by molar-refractivity contribution is -0.142. The third-order valence-electron chi connectivity index (χ3n) is 3.27. The van der Waals surface area contributed by atoms with Crippen LogP contribution in [0.2, 0.25) is 0 Å². The highest BCUT2D eigenvalue weighted by atomic mass is 16.4. The minimum atomic E-state index is -1.03. The standard InChI is InChI=1S/C16H24N2O3/c1-11-6-8-12(9-7-11)10-18(5)15(21)17-13(14(19)20)16(2,3)4/h6-9,13H,10H2,1-5H3,(H,17,21)(H,19,20)/t13-/m0/s1. The number of carboxylic acid groups (broad SMARTS) is 1. The van der Waals surface area contributed by atoms with Gasteiger partial charge in [0.1, 0.15) is 6.04 Å². The van der Waals surface area contributed by atoms with Gasteiger partial charge in [-0.05, 0) is 17.9 Å². The maximum absolute atomic E-state index is 12.1. The van der Waals surface area contributed by atoms with Gasteiger partial charge in [-0.2, -0.15) is 0 Å². The van der Waals surface area contributed by atoms with Gasteiger partial charge in [0, 0.05) is 13.6 Å². The topological polar surface area (TPSA) is 69.6 Å². The van der Waals surface area contributed by atoms with E-state index in [0.29, 0.717) is 6.54 Å².